The fourth-order valence-electron chi connectivity index (χ4n) is 2.47. The molecule has 0 radical (unpaired) electrons. The largest absolute Gasteiger partial charge is 0.368 e. The van der Waals surface area contributed by atoms with E-state index in [-0.39, 0.29) is 11.6 Å². The maximum absolute atomic E-state index is 11.3. The molecule has 2 N–H and O–H groups in total. The van der Waals surface area contributed by atoms with Crippen LogP contribution in [0.3, 0.4) is 0 Å². The summed E-state index contributed by atoms with van der Waals surface area (Å²) in [6.07, 6.45) is 3.08. The van der Waals surface area contributed by atoms with Gasteiger partial charge in [0.05, 0.1) is 28.6 Å². The first-order valence-electron chi connectivity index (χ1n) is 7.65. The molecular weight excluding hydrogens is 318 g/mol. The number of benzene rings is 2. The minimum absolute atomic E-state index is 0.0185. The molecule has 0 saturated heterocycles. The van der Waals surface area contributed by atoms with Gasteiger partial charge in [-0.3, -0.25) is 10.1 Å². The van der Waals surface area contributed by atoms with E-state index in [0.717, 1.165) is 22.4 Å². The van der Waals surface area contributed by atoms with Crippen molar-refractivity contribution in [2.45, 2.75) is 13.8 Å². The lowest BCUT2D eigenvalue weighted by Crippen LogP contribution is -1.99. The van der Waals surface area contributed by atoms with Gasteiger partial charge in [-0.2, -0.15) is 5.10 Å². The summed E-state index contributed by atoms with van der Waals surface area (Å²) in [4.78, 5) is 14.9. The van der Waals surface area contributed by atoms with Gasteiger partial charge < -0.3 is 5.73 Å². The fraction of sp³-hybridized carbons (Fsp3) is 0.111. The van der Waals surface area contributed by atoms with E-state index < -0.39 is 4.92 Å². The predicted octanol–water partition coefficient (Wildman–Crippen LogP) is 3.54. The van der Waals surface area contributed by atoms with Crippen LogP contribution >= 0.6 is 0 Å². The van der Waals surface area contributed by atoms with Crippen molar-refractivity contribution in [3.8, 4) is 11.1 Å². The van der Waals surface area contributed by atoms with Gasteiger partial charge in [-0.1, -0.05) is 29.8 Å². The Balaban J connectivity index is 2.03. The fourth-order valence-corrected chi connectivity index (χ4v) is 2.47. The summed E-state index contributed by atoms with van der Waals surface area (Å²) in [5.41, 5.74) is 9.85. The zero-order valence-corrected chi connectivity index (χ0v) is 13.9. The second-order valence-electron chi connectivity index (χ2n) is 5.73. The molecule has 1 aromatic heterocycles. The van der Waals surface area contributed by atoms with E-state index >= 15 is 0 Å². The highest BCUT2D eigenvalue weighted by molar-refractivity contribution is 5.88. The Morgan fingerprint density at radius 3 is 2.44 bits per heavy atom. The number of hydrogen-bond donors (Lipinski definition) is 1. The van der Waals surface area contributed by atoms with E-state index in [1.807, 2.05) is 31.2 Å². The number of nitrogen functional groups attached to an aromatic ring is 1. The summed E-state index contributed by atoms with van der Waals surface area (Å²) < 4.78 is 1.39. The van der Waals surface area contributed by atoms with Crippen LogP contribution in [-0.2, 0) is 0 Å². The number of rotatable bonds is 4. The van der Waals surface area contributed by atoms with E-state index in [4.69, 9.17) is 5.73 Å². The van der Waals surface area contributed by atoms with Gasteiger partial charge in [-0.25, -0.2) is 9.66 Å². The van der Waals surface area contributed by atoms with E-state index in [1.165, 1.54) is 17.0 Å². The summed E-state index contributed by atoms with van der Waals surface area (Å²) in [5, 5.41) is 15.5. The monoisotopic (exact) mass is 335 g/mol. The molecular formula is C18H17N5O2. The second-order valence-corrected chi connectivity index (χ2v) is 5.73. The minimum Gasteiger partial charge on any atom is -0.368 e. The number of nitro groups is 1. The molecule has 0 fully saturated rings. The molecule has 3 aromatic rings. The minimum atomic E-state index is -0.428. The average Bonchev–Trinajstić information content (AvgIpc) is 2.90. The quantitative estimate of drug-likeness (QED) is 0.448. The molecule has 1 heterocycles. The Kier molecular flexibility index (Phi) is 4.30. The molecule has 0 saturated carbocycles. The zero-order valence-electron chi connectivity index (χ0n) is 13.9. The maximum atomic E-state index is 11.3. The summed E-state index contributed by atoms with van der Waals surface area (Å²) >= 11 is 0. The Morgan fingerprint density at radius 1 is 1.16 bits per heavy atom. The summed E-state index contributed by atoms with van der Waals surface area (Å²) in [5.74, 6) is 0.228. The van der Waals surface area contributed by atoms with E-state index in [1.54, 1.807) is 25.3 Å². The number of imidazole rings is 1. The third-order valence-corrected chi connectivity index (χ3v) is 3.77. The molecule has 7 heteroatoms. The van der Waals surface area contributed by atoms with Crippen LogP contribution in [0.15, 0.2) is 53.8 Å². The van der Waals surface area contributed by atoms with Crippen molar-refractivity contribution >= 4 is 17.9 Å². The van der Waals surface area contributed by atoms with Gasteiger partial charge in [0.1, 0.15) is 0 Å². The SMILES string of the molecule is Cc1ccc(-c2ccc([N+](=O)[O-])c(C=Nn3cc(C)nc3N)c2)cc1. The van der Waals surface area contributed by atoms with Crippen LogP contribution < -0.4 is 5.73 Å². The number of nitro benzene ring substituents is 1. The maximum Gasteiger partial charge on any atom is 0.278 e. The lowest BCUT2D eigenvalue weighted by molar-refractivity contribution is -0.385. The van der Waals surface area contributed by atoms with Crippen molar-refractivity contribution in [3.05, 3.63) is 75.6 Å². The van der Waals surface area contributed by atoms with Crippen molar-refractivity contribution in [1.82, 2.24) is 9.66 Å². The van der Waals surface area contributed by atoms with Gasteiger partial charge in [0.15, 0.2) is 0 Å². The van der Waals surface area contributed by atoms with Gasteiger partial charge >= 0.3 is 0 Å². The molecule has 0 aliphatic carbocycles. The number of aromatic nitrogens is 2. The summed E-state index contributed by atoms with van der Waals surface area (Å²) in [6.45, 7) is 3.80. The van der Waals surface area contributed by atoms with E-state index in [2.05, 4.69) is 10.1 Å². The van der Waals surface area contributed by atoms with Gasteiger partial charge in [-0.15, -0.1) is 0 Å². The topological polar surface area (TPSA) is 99.3 Å². The van der Waals surface area contributed by atoms with Crippen molar-refractivity contribution in [2.75, 3.05) is 5.73 Å². The predicted molar refractivity (Wildman–Crippen MR) is 97.6 cm³/mol. The summed E-state index contributed by atoms with van der Waals surface area (Å²) in [7, 11) is 0. The third kappa shape index (κ3) is 3.55. The van der Waals surface area contributed by atoms with Crippen LogP contribution in [0, 0.1) is 24.0 Å². The molecule has 0 amide bonds. The van der Waals surface area contributed by atoms with Crippen molar-refractivity contribution in [2.24, 2.45) is 5.10 Å². The molecule has 2 aromatic carbocycles. The molecule has 126 valence electrons. The van der Waals surface area contributed by atoms with Gasteiger partial charge in [0.25, 0.3) is 5.69 Å². The standard InChI is InChI=1S/C18H17N5O2/c1-12-3-5-14(6-4-12)15-7-8-17(23(24)25)16(9-15)10-20-22-11-13(2)21-18(22)19/h3-11H,1-2H3,(H2,19,21). The van der Waals surface area contributed by atoms with Crippen LogP contribution in [0.4, 0.5) is 11.6 Å². The van der Waals surface area contributed by atoms with Crippen molar-refractivity contribution in [1.29, 1.82) is 0 Å². The molecule has 25 heavy (non-hydrogen) atoms. The number of anilines is 1. The van der Waals surface area contributed by atoms with Crippen LogP contribution in [0.1, 0.15) is 16.8 Å². The highest BCUT2D eigenvalue weighted by atomic mass is 16.6. The number of hydrogen-bond acceptors (Lipinski definition) is 5. The zero-order chi connectivity index (χ0) is 18.0. The van der Waals surface area contributed by atoms with Gasteiger partial charge in [-0.05, 0) is 37.1 Å². The highest BCUT2D eigenvalue weighted by Crippen LogP contribution is 2.26. The van der Waals surface area contributed by atoms with Crippen LogP contribution in [0.5, 0.6) is 0 Å². The number of aryl methyl sites for hydroxylation is 2. The number of nitrogens with zero attached hydrogens (tertiary/aromatic N) is 4. The molecule has 7 nitrogen and oxygen atoms in total. The highest BCUT2D eigenvalue weighted by Gasteiger charge is 2.13. The Morgan fingerprint density at radius 2 is 1.84 bits per heavy atom. The van der Waals surface area contributed by atoms with Crippen LogP contribution in [0.2, 0.25) is 0 Å². The van der Waals surface area contributed by atoms with Gasteiger partial charge in [0, 0.05) is 6.07 Å². The van der Waals surface area contributed by atoms with E-state index in [9.17, 15) is 10.1 Å². The lowest BCUT2D eigenvalue weighted by Gasteiger charge is -2.05. The molecule has 0 atom stereocenters. The second kappa shape index (κ2) is 6.56. The third-order valence-electron chi connectivity index (χ3n) is 3.77. The number of nitrogens with two attached hydrogens (primary N) is 1. The Hall–Kier alpha value is -3.48. The molecule has 0 spiro atoms. The summed E-state index contributed by atoms with van der Waals surface area (Å²) in [6, 6.07) is 12.9. The first-order valence-corrected chi connectivity index (χ1v) is 7.65. The molecule has 0 aliphatic heterocycles. The lowest BCUT2D eigenvalue weighted by atomic mass is 10.0. The normalized spacial score (nSPS) is 11.1. The average molecular weight is 335 g/mol. The van der Waals surface area contributed by atoms with Gasteiger partial charge in [0.2, 0.25) is 5.95 Å². The van der Waals surface area contributed by atoms with Crippen LogP contribution in [0.25, 0.3) is 11.1 Å². The van der Waals surface area contributed by atoms with E-state index in [0.29, 0.717) is 5.56 Å². The molecule has 0 unspecified atom stereocenters. The Labute approximate surface area is 144 Å². The van der Waals surface area contributed by atoms with Crippen LogP contribution in [-0.4, -0.2) is 20.8 Å². The first-order chi connectivity index (χ1) is 11.9. The van der Waals surface area contributed by atoms with Crippen molar-refractivity contribution < 1.29 is 4.92 Å². The molecule has 3 rings (SSSR count). The first kappa shape index (κ1) is 16.4. The Bertz CT molecular complexity index is 958. The smallest absolute Gasteiger partial charge is 0.278 e. The molecule has 0 bridgehead atoms. The van der Waals surface area contributed by atoms with Crippen molar-refractivity contribution in [3.63, 3.8) is 0 Å². The molecule has 0 aliphatic rings.